The number of urea groups is 1. The third-order valence-electron chi connectivity index (χ3n) is 5.42. The first kappa shape index (κ1) is 18.9. The molecule has 3 aromatic rings. The van der Waals surface area contributed by atoms with Crippen molar-refractivity contribution in [2.24, 2.45) is 0 Å². The molecular formula is C20H21N5O4S. The topological polar surface area (TPSA) is 114 Å². The van der Waals surface area contributed by atoms with Gasteiger partial charge in [0.2, 0.25) is 5.76 Å². The number of hydrogen-bond donors (Lipinski definition) is 2. The summed E-state index contributed by atoms with van der Waals surface area (Å²) < 4.78 is 10.5. The van der Waals surface area contributed by atoms with Gasteiger partial charge in [-0.2, -0.15) is 0 Å². The molecule has 156 valence electrons. The lowest BCUT2D eigenvalue weighted by Gasteiger charge is -2.25. The van der Waals surface area contributed by atoms with Gasteiger partial charge in [0.1, 0.15) is 0 Å². The number of amides is 3. The van der Waals surface area contributed by atoms with Gasteiger partial charge < -0.3 is 19.2 Å². The van der Waals surface area contributed by atoms with Crippen molar-refractivity contribution in [2.45, 2.75) is 44.7 Å². The number of furan rings is 1. The van der Waals surface area contributed by atoms with Crippen molar-refractivity contribution in [3.63, 3.8) is 0 Å². The number of carbonyl (C=O) groups is 2. The normalized spacial score (nSPS) is 16.5. The minimum atomic E-state index is -0.214. The van der Waals surface area contributed by atoms with Gasteiger partial charge in [-0.25, -0.2) is 9.78 Å². The van der Waals surface area contributed by atoms with E-state index in [1.54, 1.807) is 23.1 Å². The van der Waals surface area contributed by atoms with Crippen LogP contribution in [-0.4, -0.2) is 39.6 Å². The Labute approximate surface area is 176 Å². The fraction of sp³-hybridized carbons (Fsp3) is 0.400. The maximum atomic E-state index is 12.8. The van der Waals surface area contributed by atoms with E-state index in [0.29, 0.717) is 36.2 Å². The SMILES string of the molecule is O=C(Nc1nc2c(s1)CN(C(=O)c1cc(-c3ccco3)on1)CC2)NC1CCCC1. The summed E-state index contributed by atoms with van der Waals surface area (Å²) in [6.07, 6.45) is 6.55. The maximum Gasteiger partial charge on any atom is 0.321 e. The minimum absolute atomic E-state index is 0.205. The zero-order valence-electron chi connectivity index (χ0n) is 16.2. The molecule has 0 aromatic carbocycles. The van der Waals surface area contributed by atoms with E-state index in [9.17, 15) is 9.59 Å². The molecule has 9 nitrogen and oxygen atoms in total. The van der Waals surface area contributed by atoms with Crippen LogP contribution in [0.3, 0.4) is 0 Å². The van der Waals surface area contributed by atoms with Crippen LogP contribution >= 0.6 is 11.3 Å². The molecule has 0 spiro atoms. The van der Waals surface area contributed by atoms with Gasteiger partial charge in [-0.15, -0.1) is 0 Å². The molecule has 0 bridgehead atoms. The van der Waals surface area contributed by atoms with Crippen molar-refractivity contribution in [2.75, 3.05) is 11.9 Å². The van der Waals surface area contributed by atoms with E-state index >= 15 is 0 Å². The van der Waals surface area contributed by atoms with Crippen molar-refractivity contribution in [1.29, 1.82) is 0 Å². The fourth-order valence-corrected chi connectivity index (χ4v) is 4.90. The quantitative estimate of drug-likeness (QED) is 0.657. The van der Waals surface area contributed by atoms with Gasteiger partial charge >= 0.3 is 6.03 Å². The molecule has 3 aromatic heterocycles. The average Bonchev–Trinajstić information content (AvgIpc) is 3.53. The highest BCUT2D eigenvalue weighted by Gasteiger charge is 2.28. The highest BCUT2D eigenvalue weighted by molar-refractivity contribution is 7.15. The number of nitrogens with zero attached hydrogens (tertiary/aromatic N) is 3. The van der Waals surface area contributed by atoms with E-state index in [4.69, 9.17) is 8.94 Å². The highest BCUT2D eigenvalue weighted by Crippen LogP contribution is 2.30. The Bertz CT molecular complexity index is 1050. The number of thiazole rings is 1. The predicted molar refractivity (Wildman–Crippen MR) is 109 cm³/mol. The monoisotopic (exact) mass is 427 g/mol. The Hall–Kier alpha value is -3.14. The van der Waals surface area contributed by atoms with E-state index in [2.05, 4.69) is 20.8 Å². The smallest absolute Gasteiger partial charge is 0.321 e. The van der Waals surface area contributed by atoms with Crippen LogP contribution in [0.15, 0.2) is 33.4 Å². The second-order valence-corrected chi connectivity index (χ2v) is 8.58. The van der Waals surface area contributed by atoms with Crippen molar-refractivity contribution in [1.82, 2.24) is 20.4 Å². The average molecular weight is 427 g/mol. The summed E-state index contributed by atoms with van der Waals surface area (Å²) in [5.41, 5.74) is 1.17. The van der Waals surface area contributed by atoms with Crippen molar-refractivity contribution in [3.8, 4) is 11.5 Å². The first-order valence-corrected chi connectivity index (χ1v) is 10.8. The van der Waals surface area contributed by atoms with E-state index in [-0.39, 0.29) is 23.7 Å². The molecule has 5 rings (SSSR count). The van der Waals surface area contributed by atoms with Crippen LogP contribution in [0.5, 0.6) is 0 Å². The molecule has 3 amide bonds. The van der Waals surface area contributed by atoms with Gasteiger partial charge in [-0.1, -0.05) is 29.3 Å². The number of nitrogens with one attached hydrogen (secondary N) is 2. The molecule has 1 fully saturated rings. The van der Waals surface area contributed by atoms with Gasteiger partial charge in [0.05, 0.1) is 18.5 Å². The molecule has 10 heteroatoms. The molecule has 2 N–H and O–H groups in total. The van der Waals surface area contributed by atoms with Crippen molar-refractivity contribution < 1.29 is 18.5 Å². The standard InChI is InChI=1S/C20H21N5O4S/c26-18(14-10-16(29-24-14)15-6-3-9-28-15)25-8-7-13-17(11-25)30-20(22-13)23-19(27)21-12-4-1-2-5-12/h3,6,9-10,12H,1-2,4-5,7-8,11H2,(H2,21,22,23,27). The summed E-state index contributed by atoms with van der Waals surface area (Å²) >= 11 is 1.41. The maximum absolute atomic E-state index is 12.8. The molecule has 1 aliphatic carbocycles. The number of aromatic nitrogens is 2. The van der Waals surface area contributed by atoms with Crippen LogP contribution in [0.25, 0.3) is 11.5 Å². The van der Waals surface area contributed by atoms with Gasteiger partial charge in [-0.3, -0.25) is 10.1 Å². The molecule has 0 atom stereocenters. The van der Waals surface area contributed by atoms with E-state index in [1.807, 2.05) is 0 Å². The van der Waals surface area contributed by atoms with Crippen LogP contribution in [0.4, 0.5) is 9.93 Å². The highest BCUT2D eigenvalue weighted by atomic mass is 32.1. The van der Waals surface area contributed by atoms with Crippen LogP contribution in [0.1, 0.15) is 46.7 Å². The third-order valence-corrected chi connectivity index (χ3v) is 6.42. The summed E-state index contributed by atoms with van der Waals surface area (Å²) in [6.45, 7) is 0.965. The largest absolute Gasteiger partial charge is 0.461 e. The minimum Gasteiger partial charge on any atom is -0.461 e. The third kappa shape index (κ3) is 3.82. The van der Waals surface area contributed by atoms with E-state index in [0.717, 1.165) is 36.3 Å². The predicted octanol–water partition coefficient (Wildman–Crippen LogP) is 3.65. The van der Waals surface area contributed by atoms with Crippen molar-refractivity contribution in [3.05, 3.63) is 40.7 Å². The van der Waals surface area contributed by atoms with Gasteiger partial charge in [-0.05, 0) is 25.0 Å². The van der Waals surface area contributed by atoms with Crippen LogP contribution in [0.2, 0.25) is 0 Å². The van der Waals surface area contributed by atoms with E-state index in [1.165, 1.54) is 17.6 Å². The van der Waals surface area contributed by atoms with E-state index < -0.39 is 0 Å². The Morgan fingerprint density at radius 2 is 2.10 bits per heavy atom. The van der Waals surface area contributed by atoms with Crippen LogP contribution < -0.4 is 10.6 Å². The fourth-order valence-electron chi connectivity index (χ4n) is 3.88. The number of carbonyl (C=O) groups excluding carboxylic acids is 2. The van der Waals surface area contributed by atoms with Gasteiger partial charge in [0.15, 0.2) is 16.6 Å². The molecule has 1 aliphatic heterocycles. The summed E-state index contributed by atoms with van der Waals surface area (Å²) in [7, 11) is 0. The second kappa shape index (κ2) is 7.94. The molecule has 30 heavy (non-hydrogen) atoms. The zero-order chi connectivity index (χ0) is 20.5. The lowest BCUT2D eigenvalue weighted by Crippen LogP contribution is -2.36. The molecular weight excluding hydrogens is 406 g/mol. The summed E-state index contributed by atoms with van der Waals surface area (Å²) in [4.78, 5) is 32.3. The van der Waals surface area contributed by atoms with Gasteiger partial charge in [0.25, 0.3) is 5.91 Å². The molecule has 0 radical (unpaired) electrons. The molecule has 4 heterocycles. The Morgan fingerprint density at radius 3 is 2.90 bits per heavy atom. The summed E-state index contributed by atoms with van der Waals surface area (Å²) in [5.74, 6) is 0.735. The Balaban J connectivity index is 1.23. The zero-order valence-corrected chi connectivity index (χ0v) is 17.0. The van der Waals surface area contributed by atoms with Crippen LogP contribution in [0, 0.1) is 0 Å². The molecule has 2 aliphatic rings. The summed E-state index contributed by atoms with van der Waals surface area (Å²) in [5, 5.41) is 10.3. The Morgan fingerprint density at radius 1 is 1.23 bits per heavy atom. The number of anilines is 1. The summed E-state index contributed by atoms with van der Waals surface area (Å²) in [6, 6.07) is 5.12. The number of rotatable bonds is 4. The van der Waals surface area contributed by atoms with Crippen LogP contribution in [-0.2, 0) is 13.0 Å². The van der Waals surface area contributed by atoms with Crippen molar-refractivity contribution >= 4 is 28.4 Å². The number of hydrogen-bond acceptors (Lipinski definition) is 7. The Kier molecular flexibility index (Phi) is 4.99. The lowest BCUT2D eigenvalue weighted by molar-refractivity contribution is 0.0725. The second-order valence-electron chi connectivity index (χ2n) is 7.50. The molecule has 0 saturated heterocycles. The molecule has 1 saturated carbocycles. The number of fused-ring (bicyclic) bond motifs is 1. The van der Waals surface area contributed by atoms with Gasteiger partial charge in [0, 0.05) is 30.0 Å². The molecule has 0 unspecified atom stereocenters. The first-order valence-electron chi connectivity index (χ1n) is 10.0. The lowest BCUT2D eigenvalue weighted by atomic mass is 10.1. The first-order chi connectivity index (χ1) is 14.7.